The van der Waals surface area contributed by atoms with Gasteiger partial charge in [0.05, 0.1) is 7.11 Å². The van der Waals surface area contributed by atoms with Crippen LogP contribution >= 0.6 is 22.9 Å². The Morgan fingerprint density at radius 1 is 1.29 bits per heavy atom. The van der Waals surface area contributed by atoms with E-state index in [2.05, 4.69) is 22.1 Å². The van der Waals surface area contributed by atoms with Crippen LogP contribution in [0.25, 0.3) is 0 Å². The van der Waals surface area contributed by atoms with E-state index >= 15 is 0 Å². The molecule has 0 saturated heterocycles. The van der Waals surface area contributed by atoms with Crippen molar-refractivity contribution in [2.75, 3.05) is 7.11 Å². The Bertz CT molecular complexity index is 470. The van der Waals surface area contributed by atoms with E-state index in [1.54, 1.807) is 18.4 Å². The van der Waals surface area contributed by atoms with E-state index < -0.39 is 0 Å². The van der Waals surface area contributed by atoms with Gasteiger partial charge in [0.2, 0.25) is 0 Å². The van der Waals surface area contributed by atoms with Gasteiger partial charge in [-0.1, -0.05) is 11.6 Å². The molecule has 2 aromatic rings. The minimum Gasteiger partial charge on any atom is -0.496 e. The van der Waals surface area contributed by atoms with Crippen LogP contribution in [-0.4, -0.2) is 7.11 Å². The van der Waals surface area contributed by atoms with Crippen molar-refractivity contribution in [3.8, 4) is 5.75 Å². The molecule has 1 N–H and O–H groups in total. The van der Waals surface area contributed by atoms with Gasteiger partial charge in [-0.3, -0.25) is 0 Å². The van der Waals surface area contributed by atoms with Gasteiger partial charge in [-0.05, 0) is 40.6 Å². The first-order chi connectivity index (χ1) is 8.29. The van der Waals surface area contributed by atoms with Gasteiger partial charge < -0.3 is 10.1 Å². The van der Waals surface area contributed by atoms with Crippen LogP contribution in [0.2, 0.25) is 5.02 Å². The van der Waals surface area contributed by atoms with E-state index in [0.29, 0.717) is 0 Å². The lowest BCUT2D eigenvalue weighted by molar-refractivity contribution is 0.407. The Morgan fingerprint density at radius 3 is 2.88 bits per heavy atom. The zero-order valence-corrected chi connectivity index (χ0v) is 11.1. The predicted octanol–water partition coefficient (Wildman–Crippen LogP) is 3.70. The van der Waals surface area contributed by atoms with Crippen LogP contribution < -0.4 is 10.1 Å². The Balaban J connectivity index is 1.96. The summed E-state index contributed by atoms with van der Waals surface area (Å²) in [5.74, 6) is 0.868. The van der Waals surface area contributed by atoms with Crippen LogP contribution in [0.5, 0.6) is 5.75 Å². The minimum atomic E-state index is 0.734. The van der Waals surface area contributed by atoms with Crippen molar-refractivity contribution < 1.29 is 4.74 Å². The third-order valence-corrected chi connectivity index (χ3v) is 3.43. The van der Waals surface area contributed by atoms with Crippen LogP contribution in [0.15, 0.2) is 35.0 Å². The van der Waals surface area contributed by atoms with Crippen LogP contribution in [0.3, 0.4) is 0 Å². The van der Waals surface area contributed by atoms with Gasteiger partial charge in [-0.15, -0.1) is 0 Å². The second-order valence-electron chi connectivity index (χ2n) is 3.69. The first kappa shape index (κ1) is 12.4. The zero-order valence-electron chi connectivity index (χ0n) is 9.57. The highest BCUT2D eigenvalue weighted by atomic mass is 35.5. The summed E-state index contributed by atoms with van der Waals surface area (Å²) in [6, 6.07) is 7.78. The standard InChI is InChI=1S/C13H14ClNOS/c1-16-13-3-2-12(14)6-11(13)8-15-7-10-4-5-17-9-10/h2-6,9,15H,7-8H2,1H3. The average molecular weight is 268 g/mol. The number of hydrogen-bond acceptors (Lipinski definition) is 3. The van der Waals surface area contributed by atoms with Gasteiger partial charge in [-0.2, -0.15) is 11.3 Å². The molecule has 0 atom stereocenters. The van der Waals surface area contributed by atoms with Crippen LogP contribution in [0.1, 0.15) is 11.1 Å². The molecule has 1 heterocycles. The molecule has 0 amide bonds. The highest BCUT2D eigenvalue weighted by Gasteiger charge is 2.03. The minimum absolute atomic E-state index is 0.734. The quantitative estimate of drug-likeness (QED) is 0.892. The molecule has 17 heavy (non-hydrogen) atoms. The maximum atomic E-state index is 5.97. The highest BCUT2D eigenvalue weighted by molar-refractivity contribution is 7.07. The average Bonchev–Trinajstić information content (AvgIpc) is 2.82. The number of hydrogen-bond donors (Lipinski definition) is 1. The third-order valence-electron chi connectivity index (χ3n) is 2.47. The molecule has 0 spiro atoms. The lowest BCUT2D eigenvalue weighted by Crippen LogP contribution is -2.12. The summed E-state index contributed by atoms with van der Waals surface area (Å²) in [7, 11) is 1.67. The molecule has 1 aromatic heterocycles. The first-order valence-electron chi connectivity index (χ1n) is 5.34. The normalized spacial score (nSPS) is 10.5. The Kier molecular flexibility index (Phi) is 4.42. The molecule has 0 fully saturated rings. The Morgan fingerprint density at radius 2 is 2.18 bits per heavy atom. The fourth-order valence-electron chi connectivity index (χ4n) is 1.62. The lowest BCUT2D eigenvalue weighted by atomic mass is 10.2. The number of nitrogens with one attached hydrogen (secondary N) is 1. The molecule has 1 aromatic carbocycles. The number of thiophene rings is 1. The molecule has 0 saturated carbocycles. The summed E-state index contributed by atoms with van der Waals surface area (Å²) in [5.41, 5.74) is 2.38. The van der Waals surface area contributed by atoms with E-state index in [1.807, 2.05) is 18.2 Å². The van der Waals surface area contributed by atoms with Gasteiger partial charge in [0.25, 0.3) is 0 Å². The van der Waals surface area contributed by atoms with Crippen molar-refractivity contribution >= 4 is 22.9 Å². The molecular formula is C13H14ClNOS. The second-order valence-corrected chi connectivity index (χ2v) is 4.91. The van der Waals surface area contributed by atoms with E-state index in [4.69, 9.17) is 16.3 Å². The van der Waals surface area contributed by atoms with Crippen molar-refractivity contribution in [3.63, 3.8) is 0 Å². The summed E-state index contributed by atoms with van der Waals surface area (Å²) in [4.78, 5) is 0. The number of halogens is 1. The first-order valence-corrected chi connectivity index (χ1v) is 6.66. The van der Waals surface area contributed by atoms with Crippen molar-refractivity contribution in [1.82, 2.24) is 5.32 Å². The summed E-state index contributed by atoms with van der Waals surface area (Å²) < 4.78 is 5.29. The third kappa shape index (κ3) is 3.46. The number of rotatable bonds is 5. The van der Waals surface area contributed by atoms with Crippen molar-refractivity contribution in [1.29, 1.82) is 0 Å². The summed E-state index contributed by atoms with van der Waals surface area (Å²) in [6.07, 6.45) is 0. The Labute approximate surface area is 110 Å². The van der Waals surface area contributed by atoms with Crippen LogP contribution in [-0.2, 0) is 13.1 Å². The maximum absolute atomic E-state index is 5.97. The zero-order chi connectivity index (χ0) is 12.1. The van der Waals surface area contributed by atoms with Crippen molar-refractivity contribution in [2.45, 2.75) is 13.1 Å². The summed E-state index contributed by atoms with van der Waals surface area (Å²) in [6.45, 7) is 1.61. The smallest absolute Gasteiger partial charge is 0.123 e. The largest absolute Gasteiger partial charge is 0.496 e. The van der Waals surface area contributed by atoms with Gasteiger partial charge >= 0.3 is 0 Å². The predicted molar refractivity (Wildman–Crippen MR) is 72.9 cm³/mol. The van der Waals surface area contributed by atoms with Gasteiger partial charge in [0.1, 0.15) is 5.75 Å². The van der Waals surface area contributed by atoms with E-state index in [0.717, 1.165) is 29.4 Å². The SMILES string of the molecule is COc1ccc(Cl)cc1CNCc1ccsc1. The molecule has 2 nitrogen and oxygen atoms in total. The lowest BCUT2D eigenvalue weighted by Gasteiger charge is -2.09. The summed E-state index contributed by atoms with van der Waals surface area (Å²) >= 11 is 7.68. The van der Waals surface area contributed by atoms with Crippen molar-refractivity contribution in [3.05, 3.63) is 51.2 Å². The fourth-order valence-corrected chi connectivity index (χ4v) is 2.48. The van der Waals surface area contributed by atoms with Crippen LogP contribution in [0.4, 0.5) is 0 Å². The molecule has 0 radical (unpaired) electrons. The molecule has 0 bridgehead atoms. The Hall–Kier alpha value is -1.03. The van der Waals surface area contributed by atoms with Gasteiger partial charge in [-0.25, -0.2) is 0 Å². The van der Waals surface area contributed by atoms with E-state index in [-0.39, 0.29) is 0 Å². The number of methoxy groups -OCH3 is 1. The summed E-state index contributed by atoms with van der Waals surface area (Å²) in [5, 5.41) is 8.33. The fraction of sp³-hybridized carbons (Fsp3) is 0.231. The van der Waals surface area contributed by atoms with E-state index in [1.165, 1.54) is 5.56 Å². The molecule has 0 aliphatic heterocycles. The number of benzene rings is 1. The molecule has 0 aliphatic carbocycles. The van der Waals surface area contributed by atoms with Crippen molar-refractivity contribution in [2.24, 2.45) is 0 Å². The number of ether oxygens (including phenoxy) is 1. The molecule has 2 rings (SSSR count). The van der Waals surface area contributed by atoms with Crippen LogP contribution in [0, 0.1) is 0 Å². The molecule has 4 heteroatoms. The van der Waals surface area contributed by atoms with E-state index in [9.17, 15) is 0 Å². The monoisotopic (exact) mass is 267 g/mol. The highest BCUT2D eigenvalue weighted by Crippen LogP contribution is 2.22. The van der Waals surface area contributed by atoms with Gasteiger partial charge in [0.15, 0.2) is 0 Å². The molecule has 0 unspecified atom stereocenters. The van der Waals surface area contributed by atoms with Gasteiger partial charge in [0, 0.05) is 23.7 Å². The second kappa shape index (κ2) is 6.05. The topological polar surface area (TPSA) is 21.3 Å². The molecular weight excluding hydrogens is 254 g/mol. The maximum Gasteiger partial charge on any atom is 0.123 e. The molecule has 90 valence electrons. The molecule has 0 aliphatic rings.